The molecule has 1 unspecified atom stereocenters. The van der Waals surface area contributed by atoms with Crippen LogP contribution in [0.3, 0.4) is 0 Å². The van der Waals surface area contributed by atoms with Crippen LogP contribution in [0, 0.1) is 16.7 Å². The number of hydrogen-bond donors (Lipinski definition) is 1. The zero-order chi connectivity index (χ0) is 13.6. The number of benzene rings is 1. The largest absolute Gasteiger partial charge is 0.316 e. The lowest BCUT2D eigenvalue weighted by Gasteiger charge is -2.19. The summed E-state index contributed by atoms with van der Waals surface area (Å²) in [6.07, 6.45) is 1.10. The Morgan fingerprint density at radius 3 is 2.28 bits per heavy atom. The standard InChI is InChI=1S/C16H24BrN/c1-15(2)14(16(15,3)4)13(18-5)10-11-7-6-8-12(17)9-11/h6-9,13-14,18H,10H2,1-5H3. The van der Waals surface area contributed by atoms with Crippen molar-refractivity contribution in [2.75, 3.05) is 7.05 Å². The van der Waals surface area contributed by atoms with Crippen LogP contribution in [-0.4, -0.2) is 13.1 Å². The van der Waals surface area contributed by atoms with Gasteiger partial charge in [0.25, 0.3) is 0 Å². The van der Waals surface area contributed by atoms with Gasteiger partial charge in [-0.1, -0.05) is 55.8 Å². The molecule has 1 aliphatic rings. The fourth-order valence-corrected chi connectivity index (χ4v) is 4.00. The molecule has 1 saturated carbocycles. The number of rotatable bonds is 4. The summed E-state index contributed by atoms with van der Waals surface area (Å²) < 4.78 is 1.17. The maximum Gasteiger partial charge on any atom is 0.0178 e. The maximum atomic E-state index is 3.55. The molecule has 1 aromatic rings. The van der Waals surface area contributed by atoms with Crippen LogP contribution in [0.1, 0.15) is 33.3 Å². The van der Waals surface area contributed by atoms with Gasteiger partial charge in [0.2, 0.25) is 0 Å². The van der Waals surface area contributed by atoms with Crippen LogP contribution in [-0.2, 0) is 6.42 Å². The predicted molar refractivity (Wildman–Crippen MR) is 81.7 cm³/mol. The molecule has 0 heterocycles. The minimum absolute atomic E-state index is 0.437. The molecule has 1 aliphatic carbocycles. The fraction of sp³-hybridized carbons (Fsp3) is 0.625. The van der Waals surface area contributed by atoms with Gasteiger partial charge in [-0.2, -0.15) is 0 Å². The lowest BCUT2D eigenvalue weighted by molar-refractivity contribution is 0.421. The molecule has 0 spiro atoms. The zero-order valence-corrected chi connectivity index (χ0v) is 13.6. The van der Waals surface area contributed by atoms with Crippen LogP contribution in [0.5, 0.6) is 0 Å². The van der Waals surface area contributed by atoms with Gasteiger partial charge in [0.05, 0.1) is 0 Å². The van der Waals surface area contributed by atoms with E-state index in [1.54, 1.807) is 0 Å². The molecule has 100 valence electrons. The van der Waals surface area contributed by atoms with Crippen molar-refractivity contribution < 1.29 is 0 Å². The summed E-state index contributed by atoms with van der Waals surface area (Å²) in [5.74, 6) is 0.744. The van der Waals surface area contributed by atoms with E-state index in [4.69, 9.17) is 0 Å². The normalized spacial score (nSPS) is 22.8. The Morgan fingerprint density at radius 2 is 1.83 bits per heavy atom. The van der Waals surface area contributed by atoms with Crippen molar-refractivity contribution in [1.29, 1.82) is 0 Å². The molecule has 1 atom stereocenters. The molecule has 0 aliphatic heterocycles. The maximum absolute atomic E-state index is 3.55. The number of nitrogens with one attached hydrogen (secondary N) is 1. The molecule has 0 bridgehead atoms. The van der Waals surface area contributed by atoms with Gasteiger partial charge in [-0.15, -0.1) is 0 Å². The molecule has 0 amide bonds. The monoisotopic (exact) mass is 309 g/mol. The molecule has 2 heteroatoms. The first-order valence-electron chi connectivity index (χ1n) is 6.72. The van der Waals surface area contributed by atoms with Gasteiger partial charge < -0.3 is 5.32 Å². The van der Waals surface area contributed by atoms with Crippen molar-refractivity contribution in [1.82, 2.24) is 5.32 Å². The third kappa shape index (κ3) is 2.25. The molecule has 1 nitrogen and oxygen atoms in total. The minimum Gasteiger partial charge on any atom is -0.316 e. The Morgan fingerprint density at radius 1 is 1.22 bits per heavy atom. The summed E-state index contributed by atoms with van der Waals surface area (Å²) in [5, 5.41) is 3.53. The Balaban J connectivity index is 2.13. The highest BCUT2D eigenvalue weighted by atomic mass is 79.9. The summed E-state index contributed by atoms with van der Waals surface area (Å²) in [6.45, 7) is 9.57. The molecular weight excluding hydrogens is 286 g/mol. The van der Waals surface area contributed by atoms with E-state index >= 15 is 0 Å². The van der Waals surface area contributed by atoms with Crippen molar-refractivity contribution in [3.8, 4) is 0 Å². The van der Waals surface area contributed by atoms with Crippen LogP contribution in [0.4, 0.5) is 0 Å². The van der Waals surface area contributed by atoms with E-state index in [9.17, 15) is 0 Å². The zero-order valence-electron chi connectivity index (χ0n) is 12.0. The highest BCUT2D eigenvalue weighted by Crippen LogP contribution is 2.69. The Labute approximate surface area is 119 Å². The molecule has 1 N–H and O–H groups in total. The van der Waals surface area contributed by atoms with Gasteiger partial charge in [-0.25, -0.2) is 0 Å². The lowest BCUT2D eigenvalue weighted by atomic mass is 9.97. The Kier molecular flexibility index (Phi) is 3.63. The van der Waals surface area contributed by atoms with Crippen LogP contribution >= 0.6 is 15.9 Å². The van der Waals surface area contributed by atoms with Gasteiger partial charge in [0.15, 0.2) is 0 Å². The third-order valence-electron chi connectivity index (χ3n) is 5.25. The quantitative estimate of drug-likeness (QED) is 0.876. The van der Waals surface area contributed by atoms with Crippen LogP contribution in [0.2, 0.25) is 0 Å². The summed E-state index contributed by atoms with van der Waals surface area (Å²) in [6, 6.07) is 9.21. The average Bonchev–Trinajstić information content (AvgIpc) is 2.67. The first-order chi connectivity index (χ1) is 8.30. The first-order valence-corrected chi connectivity index (χ1v) is 7.51. The predicted octanol–water partition coefficient (Wildman–Crippen LogP) is 4.26. The van der Waals surface area contributed by atoms with Gasteiger partial charge in [0.1, 0.15) is 0 Å². The van der Waals surface area contributed by atoms with E-state index < -0.39 is 0 Å². The summed E-state index contributed by atoms with van der Waals surface area (Å²) in [5.41, 5.74) is 2.28. The van der Waals surface area contributed by atoms with E-state index in [1.807, 2.05) is 0 Å². The van der Waals surface area contributed by atoms with E-state index in [0.717, 1.165) is 12.3 Å². The van der Waals surface area contributed by atoms with E-state index in [0.29, 0.717) is 16.9 Å². The summed E-state index contributed by atoms with van der Waals surface area (Å²) in [4.78, 5) is 0. The second-order valence-electron chi connectivity index (χ2n) is 6.65. The molecule has 1 aromatic carbocycles. The second kappa shape index (κ2) is 4.64. The van der Waals surface area contributed by atoms with Crippen molar-refractivity contribution in [3.63, 3.8) is 0 Å². The first kappa shape index (κ1) is 14.1. The molecule has 1 fully saturated rings. The summed E-state index contributed by atoms with van der Waals surface area (Å²) >= 11 is 3.55. The van der Waals surface area contributed by atoms with Crippen molar-refractivity contribution >= 4 is 15.9 Å². The van der Waals surface area contributed by atoms with Crippen LogP contribution in [0.15, 0.2) is 28.7 Å². The van der Waals surface area contributed by atoms with Crippen LogP contribution < -0.4 is 5.32 Å². The van der Waals surface area contributed by atoms with Crippen molar-refractivity contribution in [3.05, 3.63) is 34.3 Å². The number of likely N-dealkylation sites (N-methyl/N-ethyl adjacent to an activating group) is 1. The smallest absolute Gasteiger partial charge is 0.0178 e. The van der Waals surface area contributed by atoms with Crippen molar-refractivity contribution in [2.45, 2.75) is 40.2 Å². The van der Waals surface area contributed by atoms with Gasteiger partial charge in [-0.3, -0.25) is 0 Å². The Hall–Kier alpha value is -0.340. The number of halogens is 1. The molecule has 0 aromatic heterocycles. The fourth-order valence-electron chi connectivity index (χ4n) is 3.56. The SMILES string of the molecule is CNC(Cc1cccc(Br)c1)C1C(C)(C)C1(C)C. The van der Waals surface area contributed by atoms with E-state index in [-0.39, 0.29) is 0 Å². The van der Waals surface area contributed by atoms with Gasteiger partial charge in [0, 0.05) is 10.5 Å². The molecular formula is C16H24BrN. The van der Waals surface area contributed by atoms with Crippen LogP contribution in [0.25, 0.3) is 0 Å². The second-order valence-corrected chi connectivity index (χ2v) is 7.57. The van der Waals surface area contributed by atoms with E-state index in [1.165, 1.54) is 10.0 Å². The number of hydrogen-bond acceptors (Lipinski definition) is 1. The highest BCUT2D eigenvalue weighted by molar-refractivity contribution is 9.10. The highest BCUT2D eigenvalue weighted by Gasteiger charge is 2.66. The average molecular weight is 310 g/mol. The van der Waals surface area contributed by atoms with E-state index in [2.05, 4.69) is 80.3 Å². The minimum atomic E-state index is 0.437. The molecule has 0 radical (unpaired) electrons. The Bertz CT molecular complexity index is 422. The topological polar surface area (TPSA) is 12.0 Å². The molecule has 18 heavy (non-hydrogen) atoms. The summed E-state index contributed by atoms with van der Waals surface area (Å²) in [7, 11) is 2.09. The molecule has 2 rings (SSSR count). The van der Waals surface area contributed by atoms with Crippen molar-refractivity contribution in [2.24, 2.45) is 16.7 Å². The lowest BCUT2D eigenvalue weighted by Crippen LogP contribution is -2.32. The van der Waals surface area contributed by atoms with Gasteiger partial charge in [-0.05, 0) is 47.9 Å². The van der Waals surface area contributed by atoms with Gasteiger partial charge >= 0.3 is 0 Å². The third-order valence-corrected chi connectivity index (χ3v) is 5.74. The molecule has 0 saturated heterocycles.